The molecular weight excluding hydrogens is 368 g/mol. The average molecular weight is 389 g/mol. The third-order valence-corrected chi connectivity index (χ3v) is 5.02. The van der Waals surface area contributed by atoms with Crippen LogP contribution in [0.25, 0.3) is 0 Å². The van der Waals surface area contributed by atoms with E-state index in [1.807, 2.05) is 38.3 Å². The van der Waals surface area contributed by atoms with Gasteiger partial charge in [0, 0.05) is 30.2 Å². The number of fused-ring (bicyclic) bond motifs is 1. The lowest BCUT2D eigenvalue weighted by Gasteiger charge is -2.26. The number of nitrogens with zero attached hydrogens (tertiary/aromatic N) is 2. The maximum absolute atomic E-state index is 12.4. The highest BCUT2D eigenvalue weighted by molar-refractivity contribution is 7.10. The molecule has 0 radical (unpaired) electrons. The smallest absolute Gasteiger partial charge is 0.410 e. The molecule has 0 bridgehead atoms. The van der Waals surface area contributed by atoms with Crippen LogP contribution in [0.3, 0.4) is 0 Å². The van der Waals surface area contributed by atoms with E-state index in [-0.39, 0.29) is 6.09 Å². The van der Waals surface area contributed by atoms with Gasteiger partial charge >= 0.3 is 6.09 Å². The van der Waals surface area contributed by atoms with Crippen LogP contribution in [-0.2, 0) is 17.6 Å². The van der Waals surface area contributed by atoms with Crippen molar-refractivity contribution in [2.45, 2.75) is 39.2 Å². The topological polar surface area (TPSA) is 42.4 Å². The van der Waals surface area contributed by atoms with Gasteiger partial charge in [-0.3, -0.25) is 0 Å². The zero-order valence-electron chi connectivity index (χ0n) is 15.1. The normalized spacial score (nSPS) is 14.1. The van der Waals surface area contributed by atoms with Gasteiger partial charge in [0.15, 0.2) is 5.01 Å². The van der Waals surface area contributed by atoms with E-state index in [2.05, 4.69) is 16.8 Å². The van der Waals surface area contributed by atoms with Crippen molar-refractivity contribution in [1.29, 1.82) is 0 Å². The van der Waals surface area contributed by atoms with Crippen LogP contribution in [0, 0.1) is 11.8 Å². The fourth-order valence-electron chi connectivity index (χ4n) is 2.84. The fourth-order valence-corrected chi connectivity index (χ4v) is 3.55. The van der Waals surface area contributed by atoms with Crippen LogP contribution in [0.15, 0.2) is 23.7 Å². The first-order valence-corrected chi connectivity index (χ1v) is 9.79. The van der Waals surface area contributed by atoms with Crippen molar-refractivity contribution < 1.29 is 9.53 Å². The summed E-state index contributed by atoms with van der Waals surface area (Å²) in [5.74, 6) is 6.27. The summed E-state index contributed by atoms with van der Waals surface area (Å²) < 4.78 is 5.51. The standard InChI is InChI=1S/C20H21ClN2O2S/c1-20(2,3)25-19(24)23-11-8-14-4-6-17(21)16(15(14)9-12-23)5-7-18-22-10-13-26-18/h4,6,10,13H,8-9,11-12H2,1-3H3. The molecule has 136 valence electrons. The van der Waals surface area contributed by atoms with Crippen LogP contribution in [0.1, 0.15) is 42.5 Å². The summed E-state index contributed by atoms with van der Waals surface area (Å²) in [6.07, 6.45) is 2.93. The monoisotopic (exact) mass is 388 g/mol. The predicted molar refractivity (Wildman–Crippen MR) is 105 cm³/mol. The first-order chi connectivity index (χ1) is 12.3. The first-order valence-electron chi connectivity index (χ1n) is 8.53. The second-order valence-electron chi connectivity index (χ2n) is 7.11. The lowest BCUT2D eigenvalue weighted by Crippen LogP contribution is -2.38. The second-order valence-corrected chi connectivity index (χ2v) is 8.42. The summed E-state index contributed by atoms with van der Waals surface area (Å²) in [6.45, 7) is 6.85. The zero-order valence-corrected chi connectivity index (χ0v) is 16.7. The van der Waals surface area contributed by atoms with Crippen LogP contribution >= 0.6 is 22.9 Å². The van der Waals surface area contributed by atoms with Crippen molar-refractivity contribution in [3.63, 3.8) is 0 Å². The van der Waals surface area contributed by atoms with E-state index in [0.717, 1.165) is 22.6 Å². The Bertz CT molecular complexity index is 860. The van der Waals surface area contributed by atoms with E-state index in [4.69, 9.17) is 16.3 Å². The van der Waals surface area contributed by atoms with Crippen molar-refractivity contribution in [2.75, 3.05) is 13.1 Å². The van der Waals surface area contributed by atoms with E-state index in [1.54, 1.807) is 11.1 Å². The third-order valence-electron chi connectivity index (χ3n) is 4.02. The molecule has 0 aliphatic carbocycles. The van der Waals surface area contributed by atoms with Gasteiger partial charge in [0.25, 0.3) is 0 Å². The molecule has 1 aliphatic rings. The highest BCUT2D eigenvalue weighted by Gasteiger charge is 2.25. The number of hydrogen-bond donors (Lipinski definition) is 0. The van der Waals surface area contributed by atoms with Gasteiger partial charge in [0.1, 0.15) is 5.60 Å². The van der Waals surface area contributed by atoms with Gasteiger partial charge in [-0.1, -0.05) is 23.6 Å². The molecule has 0 fully saturated rings. The minimum absolute atomic E-state index is 0.271. The van der Waals surface area contributed by atoms with Crippen molar-refractivity contribution in [2.24, 2.45) is 0 Å². The fraction of sp³-hybridized carbons (Fsp3) is 0.400. The molecule has 1 aromatic heterocycles. The Kier molecular flexibility index (Phi) is 5.55. The van der Waals surface area contributed by atoms with E-state index < -0.39 is 5.60 Å². The lowest BCUT2D eigenvalue weighted by molar-refractivity contribution is 0.0258. The quantitative estimate of drug-likeness (QED) is 0.622. The Hall–Kier alpha value is -2.03. The maximum atomic E-state index is 12.4. The van der Waals surface area contributed by atoms with Crippen LogP contribution in [0.2, 0.25) is 5.02 Å². The molecule has 26 heavy (non-hydrogen) atoms. The van der Waals surface area contributed by atoms with Gasteiger partial charge in [0.2, 0.25) is 0 Å². The average Bonchev–Trinajstić information content (AvgIpc) is 2.97. The van der Waals surface area contributed by atoms with Gasteiger partial charge in [0.05, 0.1) is 5.02 Å². The molecule has 0 spiro atoms. The van der Waals surface area contributed by atoms with E-state index in [0.29, 0.717) is 24.5 Å². The number of aromatic nitrogens is 1. The van der Waals surface area contributed by atoms with Gasteiger partial charge in [-0.2, -0.15) is 0 Å². The molecule has 0 saturated carbocycles. The minimum atomic E-state index is -0.496. The van der Waals surface area contributed by atoms with Gasteiger partial charge < -0.3 is 9.64 Å². The van der Waals surface area contributed by atoms with Gasteiger partial charge in [-0.25, -0.2) is 9.78 Å². The molecule has 4 nitrogen and oxygen atoms in total. The summed E-state index contributed by atoms with van der Waals surface area (Å²) in [6, 6.07) is 3.92. The van der Waals surface area contributed by atoms with Crippen molar-refractivity contribution >= 4 is 29.0 Å². The number of hydrogen-bond acceptors (Lipinski definition) is 4. The van der Waals surface area contributed by atoms with Crippen molar-refractivity contribution in [1.82, 2.24) is 9.88 Å². The largest absolute Gasteiger partial charge is 0.444 e. The number of halogens is 1. The van der Waals surface area contributed by atoms with E-state index in [1.165, 1.54) is 16.9 Å². The van der Waals surface area contributed by atoms with Gasteiger partial charge in [-0.15, -0.1) is 11.3 Å². The summed E-state index contributed by atoms with van der Waals surface area (Å²) in [4.78, 5) is 18.3. The SMILES string of the molecule is CC(C)(C)OC(=O)N1CCc2ccc(Cl)c(C#Cc3nccs3)c2CC1. The summed E-state index contributed by atoms with van der Waals surface area (Å²) in [7, 11) is 0. The zero-order chi connectivity index (χ0) is 18.7. The lowest BCUT2D eigenvalue weighted by atomic mass is 9.97. The Balaban J connectivity index is 1.84. The Labute approximate surface area is 163 Å². The van der Waals surface area contributed by atoms with Crippen LogP contribution in [0.5, 0.6) is 0 Å². The molecule has 1 amide bonds. The molecule has 1 aliphatic heterocycles. The number of ether oxygens (including phenoxy) is 1. The summed E-state index contributed by atoms with van der Waals surface area (Å²) in [5.41, 5.74) is 2.64. The second kappa shape index (κ2) is 7.69. The molecule has 3 rings (SSSR count). The molecule has 0 N–H and O–H groups in total. The number of amides is 1. The molecule has 0 atom stereocenters. The molecule has 1 aromatic carbocycles. The number of rotatable bonds is 0. The van der Waals surface area contributed by atoms with Crippen LogP contribution < -0.4 is 0 Å². The predicted octanol–water partition coefficient (Wildman–Crippen LogP) is 4.53. The third kappa shape index (κ3) is 4.57. The van der Waals surface area contributed by atoms with E-state index >= 15 is 0 Å². The first kappa shape index (κ1) is 18.8. The molecule has 6 heteroatoms. The number of benzene rings is 1. The maximum Gasteiger partial charge on any atom is 0.410 e. The Morgan fingerprint density at radius 2 is 2.04 bits per heavy atom. The van der Waals surface area contributed by atoms with Crippen LogP contribution in [0.4, 0.5) is 4.79 Å². The highest BCUT2D eigenvalue weighted by Crippen LogP contribution is 2.27. The van der Waals surface area contributed by atoms with Crippen LogP contribution in [-0.4, -0.2) is 34.7 Å². The molecule has 2 aromatic rings. The number of carbonyl (C=O) groups excluding carboxylic acids is 1. The highest BCUT2D eigenvalue weighted by atomic mass is 35.5. The molecule has 0 unspecified atom stereocenters. The molecule has 0 saturated heterocycles. The van der Waals surface area contributed by atoms with Crippen molar-refractivity contribution in [3.8, 4) is 11.8 Å². The van der Waals surface area contributed by atoms with Crippen molar-refractivity contribution in [3.05, 3.63) is 50.4 Å². The Morgan fingerprint density at radius 3 is 2.73 bits per heavy atom. The van der Waals surface area contributed by atoms with E-state index in [9.17, 15) is 4.79 Å². The minimum Gasteiger partial charge on any atom is -0.444 e. The molecular formula is C20H21ClN2O2S. The summed E-state index contributed by atoms with van der Waals surface area (Å²) in [5, 5.41) is 3.30. The molecule has 2 heterocycles. The summed E-state index contributed by atoms with van der Waals surface area (Å²) >= 11 is 7.92. The van der Waals surface area contributed by atoms with Gasteiger partial charge in [-0.05, 0) is 56.7 Å². The number of thiazole rings is 1. The Morgan fingerprint density at radius 1 is 1.27 bits per heavy atom. The number of carbonyl (C=O) groups is 1.